The Balaban J connectivity index is 2.01. The van der Waals surface area contributed by atoms with Gasteiger partial charge in [-0.15, -0.1) is 0 Å². The number of fused-ring (bicyclic) bond motifs is 1. The summed E-state index contributed by atoms with van der Waals surface area (Å²) in [6.45, 7) is 3.94. The first kappa shape index (κ1) is 14.4. The monoisotopic (exact) mass is 319 g/mol. The van der Waals surface area contributed by atoms with E-state index >= 15 is 0 Å². The van der Waals surface area contributed by atoms with Crippen molar-refractivity contribution in [2.24, 2.45) is 7.05 Å². The average Bonchev–Trinajstić information content (AvgIpc) is 3.10. The number of nitrogens with zero attached hydrogens (tertiary/aromatic N) is 6. The lowest BCUT2D eigenvalue weighted by atomic mass is 10.1. The smallest absolute Gasteiger partial charge is 0.253 e. The summed E-state index contributed by atoms with van der Waals surface area (Å²) in [7, 11) is 1.92. The largest absolute Gasteiger partial charge is 0.399 e. The molecule has 3 aromatic heterocycles. The van der Waals surface area contributed by atoms with Gasteiger partial charge in [0.2, 0.25) is 0 Å². The lowest BCUT2D eigenvalue weighted by molar-refractivity contribution is 0.775. The summed E-state index contributed by atoms with van der Waals surface area (Å²) in [5.41, 5.74) is 11.6. The summed E-state index contributed by atoms with van der Waals surface area (Å²) < 4.78 is 3.63. The molecule has 0 radical (unpaired) electrons. The summed E-state index contributed by atoms with van der Waals surface area (Å²) in [5.74, 6) is 0.531. The van der Waals surface area contributed by atoms with Crippen molar-refractivity contribution in [1.82, 2.24) is 29.3 Å². The van der Waals surface area contributed by atoms with E-state index in [0.717, 1.165) is 33.8 Å². The second-order valence-electron chi connectivity index (χ2n) is 5.86. The van der Waals surface area contributed by atoms with Gasteiger partial charge >= 0.3 is 0 Å². The number of hydrogen-bond donors (Lipinski definition) is 1. The van der Waals surface area contributed by atoms with Crippen molar-refractivity contribution >= 4 is 16.9 Å². The van der Waals surface area contributed by atoms with Crippen LogP contribution in [0.2, 0.25) is 0 Å². The molecule has 3 heterocycles. The Morgan fingerprint density at radius 2 is 1.79 bits per heavy atom. The van der Waals surface area contributed by atoms with E-state index in [9.17, 15) is 0 Å². The standard InChI is InChI=1S/C17H17N7/c1-10-8-11(2)24(22-10)17-20-14(12-4-6-13(18)7-5-12)15-16(21-17)23(3)9-19-15/h4-9H,18H2,1-3H3. The second-order valence-corrected chi connectivity index (χ2v) is 5.86. The molecule has 0 unspecified atom stereocenters. The quantitative estimate of drug-likeness (QED) is 0.573. The highest BCUT2D eigenvalue weighted by molar-refractivity contribution is 5.88. The Labute approximate surface area is 138 Å². The van der Waals surface area contributed by atoms with Crippen LogP contribution >= 0.6 is 0 Å². The zero-order valence-electron chi connectivity index (χ0n) is 13.7. The molecule has 120 valence electrons. The zero-order valence-corrected chi connectivity index (χ0v) is 13.7. The van der Waals surface area contributed by atoms with E-state index in [-0.39, 0.29) is 0 Å². The third kappa shape index (κ3) is 2.21. The van der Waals surface area contributed by atoms with E-state index < -0.39 is 0 Å². The van der Waals surface area contributed by atoms with Crippen LogP contribution in [0, 0.1) is 13.8 Å². The van der Waals surface area contributed by atoms with Crippen LogP contribution in [0.15, 0.2) is 36.7 Å². The number of aromatic nitrogens is 6. The molecular weight excluding hydrogens is 302 g/mol. The van der Waals surface area contributed by atoms with Gasteiger partial charge in [0.1, 0.15) is 11.2 Å². The predicted molar refractivity (Wildman–Crippen MR) is 92.7 cm³/mol. The van der Waals surface area contributed by atoms with Crippen molar-refractivity contribution in [3.63, 3.8) is 0 Å². The van der Waals surface area contributed by atoms with Crippen molar-refractivity contribution in [3.8, 4) is 17.2 Å². The molecule has 1 aromatic carbocycles. The van der Waals surface area contributed by atoms with Crippen molar-refractivity contribution in [2.75, 3.05) is 5.73 Å². The van der Waals surface area contributed by atoms with E-state index in [2.05, 4.69) is 15.1 Å². The molecule has 7 nitrogen and oxygen atoms in total. The van der Waals surface area contributed by atoms with Crippen LogP contribution in [0.3, 0.4) is 0 Å². The van der Waals surface area contributed by atoms with Gasteiger partial charge in [0.15, 0.2) is 5.65 Å². The van der Waals surface area contributed by atoms with Crippen molar-refractivity contribution in [3.05, 3.63) is 48.0 Å². The maximum Gasteiger partial charge on any atom is 0.253 e. The zero-order chi connectivity index (χ0) is 16.8. The topological polar surface area (TPSA) is 87.4 Å². The number of hydrogen-bond acceptors (Lipinski definition) is 5. The molecule has 2 N–H and O–H groups in total. The highest BCUT2D eigenvalue weighted by Gasteiger charge is 2.16. The lowest BCUT2D eigenvalue weighted by Gasteiger charge is -2.08. The van der Waals surface area contributed by atoms with Gasteiger partial charge in [-0.25, -0.2) is 14.6 Å². The summed E-state index contributed by atoms with van der Waals surface area (Å²) >= 11 is 0. The molecule has 4 aromatic rings. The molecule has 0 amide bonds. The third-order valence-electron chi connectivity index (χ3n) is 3.93. The molecule has 0 aliphatic rings. The number of nitrogens with two attached hydrogens (primary N) is 1. The summed E-state index contributed by atoms with van der Waals surface area (Å²) in [5, 5.41) is 4.49. The fraction of sp³-hybridized carbons (Fsp3) is 0.176. The van der Waals surface area contributed by atoms with Crippen LogP contribution < -0.4 is 5.73 Å². The van der Waals surface area contributed by atoms with E-state index in [1.165, 1.54) is 0 Å². The number of rotatable bonds is 2. The molecule has 24 heavy (non-hydrogen) atoms. The van der Waals surface area contributed by atoms with E-state index in [0.29, 0.717) is 11.6 Å². The molecule has 0 saturated heterocycles. The third-order valence-corrected chi connectivity index (χ3v) is 3.93. The van der Waals surface area contributed by atoms with E-state index in [1.54, 1.807) is 11.0 Å². The van der Waals surface area contributed by atoms with Gasteiger partial charge in [0.05, 0.1) is 12.0 Å². The Kier molecular flexibility index (Phi) is 3.09. The van der Waals surface area contributed by atoms with Gasteiger partial charge in [-0.2, -0.15) is 10.1 Å². The Bertz CT molecular complexity index is 1040. The average molecular weight is 319 g/mol. The number of aryl methyl sites for hydroxylation is 3. The van der Waals surface area contributed by atoms with Crippen molar-refractivity contribution in [2.45, 2.75) is 13.8 Å². The van der Waals surface area contributed by atoms with Gasteiger partial charge in [-0.3, -0.25) is 0 Å². The first-order chi connectivity index (χ1) is 11.5. The number of benzene rings is 1. The van der Waals surface area contributed by atoms with Crippen molar-refractivity contribution < 1.29 is 0 Å². The maximum atomic E-state index is 5.80. The molecule has 0 atom stereocenters. The minimum absolute atomic E-state index is 0.531. The molecule has 0 saturated carbocycles. The SMILES string of the molecule is Cc1cc(C)n(-c2nc(-c3ccc(N)cc3)c3ncn(C)c3n2)n1. The fourth-order valence-electron chi connectivity index (χ4n) is 2.76. The van der Waals surface area contributed by atoms with Gasteiger partial charge < -0.3 is 10.3 Å². The van der Waals surface area contributed by atoms with Gasteiger partial charge in [-0.05, 0) is 32.0 Å². The summed E-state index contributed by atoms with van der Waals surface area (Å²) in [4.78, 5) is 13.8. The van der Waals surface area contributed by atoms with Gasteiger partial charge in [0, 0.05) is 24.0 Å². The fourth-order valence-corrected chi connectivity index (χ4v) is 2.76. The van der Waals surface area contributed by atoms with Crippen LogP contribution in [-0.4, -0.2) is 29.3 Å². The molecule has 0 aliphatic carbocycles. The number of imidazole rings is 1. The highest BCUT2D eigenvalue weighted by Crippen LogP contribution is 2.26. The predicted octanol–water partition coefficient (Wildman–Crippen LogP) is 2.42. The van der Waals surface area contributed by atoms with E-state index in [4.69, 9.17) is 10.7 Å². The van der Waals surface area contributed by atoms with Crippen LogP contribution in [0.5, 0.6) is 0 Å². The first-order valence-corrected chi connectivity index (χ1v) is 7.61. The maximum absolute atomic E-state index is 5.80. The number of nitrogen functional groups attached to an aromatic ring is 1. The van der Waals surface area contributed by atoms with Gasteiger partial charge in [-0.1, -0.05) is 12.1 Å². The molecule has 4 rings (SSSR count). The van der Waals surface area contributed by atoms with Gasteiger partial charge in [0.25, 0.3) is 5.95 Å². The van der Waals surface area contributed by atoms with Crippen LogP contribution in [0.1, 0.15) is 11.4 Å². The molecule has 0 bridgehead atoms. The molecular formula is C17H17N7. The van der Waals surface area contributed by atoms with Crippen molar-refractivity contribution in [1.29, 1.82) is 0 Å². The minimum Gasteiger partial charge on any atom is -0.399 e. The first-order valence-electron chi connectivity index (χ1n) is 7.61. The highest BCUT2D eigenvalue weighted by atomic mass is 15.4. The summed E-state index contributed by atoms with van der Waals surface area (Å²) in [6.07, 6.45) is 1.74. The summed E-state index contributed by atoms with van der Waals surface area (Å²) in [6, 6.07) is 9.59. The molecule has 0 aliphatic heterocycles. The van der Waals surface area contributed by atoms with Crippen LogP contribution in [0.25, 0.3) is 28.4 Å². The second kappa shape index (κ2) is 5.16. The molecule has 7 heteroatoms. The lowest BCUT2D eigenvalue weighted by Crippen LogP contribution is -2.07. The van der Waals surface area contributed by atoms with Crippen LogP contribution in [0.4, 0.5) is 5.69 Å². The van der Waals surface area contributed by atoms with E-state index in [1.807, 2.05) is 55.8 Å². The van der Waals surface area contributed by atoms with Crippen LogP contribution in [-0.2, 0) is 7.05 Å². The Hall–Kier alpha value is -3.22. The molecule has 0 spiro atoms. The normalized spacial score (nSPS) is 11.3. The Morgan fingerprint density at radius 3 is 2.46 bits per heavy atom. The minimum atomic E-state index is 0.531. The molecule has 0 fully saturated rings. The Morgan fingerprint density at radius 1 is 1.04 bits per heavy atom. The number of anilines is 1.